The van der Waals surface area contributed by atoms with Crippen LogP contribution in [0.25, 0.3) is 0 Å². The molecule has 4 saturated carbocycles. The Labute approximate surface area is 164 Å². The molecule has 0 saturated heterocycles. The van der Waals surface area contributed by atoms with Gasteiger partial charge in [-0.05, 0) is 113 Å². The van der Waals surface area contributed by atoms with Gasteiger partial charge in [-0.15, -0.1) is 0 Å². The van der Waals surface area contributed by atoms with Gasteiger partial charge in [-0.2, -0.15) is 0 Å². The van der Waals surface area contributed by atoms with Crippen LogP contribution in [-0.4, -0.2) is 5.97 Å². The van der Waals surface area contributed by atoms with Gasteiger partial charge >= 0.3 is 5.97 Å². The molecular formula is C25H36O2. The first-order chi connectivity index (χ1) is 13.2. The van der Waals surface area contributed by atoms with Gasteiger partial charge in [0, 0.05) is 0 Å². The molecule has 2 nitrogen and oxygen atoms in total. The molecule has 0 amide bonds. The molecule has 0 aliphatic heterocycles. The van der Waals surface area contributed by atoms with E-state index >= 15 is 0 Å². The maximum absolute atomic E-state index is 13.0. The van der Waals surface area contributed by atoms with E-state index in [0.717, 1.165) is 48.3 Å². The minimum Gasteiger partial charge on any atom is -0.434 e. The van der Waals surface area contributed by atoms with Crippen LogP contribution in [0.3, 0.4) is 0 Å². The molecule has 5 aliphatic rings. The van der Waals surface area contributed by atoms with Gasteiger partial charge in [0.25, 0.3) is 0 Å². The second-order valence-electron chi connectivity index (χ2n) is 10.2. The van der Waals surface area contributed by atoms with Crippen molar-refractivity contribution in [2.45, 2.75) is 77.6 Å². The SMILES string of the molecule is CC=COC(=O)C12CCCC1C1CCC3C4CC=CCC4CCC3C1CC2. The lowest BCUT2D eigenvalue weighted by molar-refractivity contribution is -0.162. The lowest BCUT2D eigenvalue weighted by Gasteiger charge is -2.57. The van der Waals surface area contributed by atoms with Gasteiger partial charge in [-0.3, -0.25) is 4.79 Å². The molecule has 8 unspecified atom stereocenters. The lowest BCUT2D eigenvalue weighted by atomic mass is 9.47. The van der Waals surface area contributed by atoms with E-state index in [-0.39, 0.29) is 11.4 Å². The number of hydrogen-bond donors (Lipinski definition) is 0. The Balaban J connectivity index is 1.37. The Morgan fingerprint density at radius 3 is 2.52 bits per heavy atom. The summed E-state index contributed by atoms with van der Waals surface area (Å²) in [6.45, 7) is 1.92. The number of fused-ring (bicyclic) bond motifs is 7. The molecule has 0 radical (unpaired) electrons. The van der Waals surface area contributed by atoms with Crippen molar-refractivity contribution in [2.24, 2.45) is 46.8 Å². The summed E-state index contributed by atoms with van der Waals surface area (Å²) in [7, 11) is 0. The number of allylic oxidation sites excluding steroid dienone is 3. The van der Waals surface area contributed by atoms with Crippen molar-refractivity contribution in [2.75, 3.05) is 0 Å². The molecule has 8 atom stereocenters. The van der Waals surface area contributed by atoms with Gasteiger partial charge in [0.1, 0.15) is 0 Å². The number of ether oxygens (including phenoxy) is 1. The van der Waals surface area contributed by atoms with Gasteiger partial charge in [0.05, 0.1) is 11.7 Å². The lowest BCUT2D eigenvalue weighted by Crippen LogP contribution is -2.52. The topological polar surface area (TPSA) is 26.3 Å². The Hall–Kier alpha value is -1.05. The van der Waals surface area contributed by atoms with Crippen LogP contribution >= 0.6 is 0 Å². The molecule has 2 heteroatoms. The second-order valence-corrected chi connectivity index (χ2v) is 10.2. The summed E-state index contributed by atoms with van der Waals surface area (Å²) in [6, 6.07) is 0. The van der Waals surface area contributed by atoms with Crippen molar-refractivity contribution in [3.63, 3.8) is 0 Å². The molecule has 0 aromatic rings. The zero-order valence-corrected chi connectivity index (χ0v) is 16.9. The van der Waals surface area contributed by atoms with Crippen LogP contribution in [0.1, 0.15) is 77.6 Å². The molecule has 5 rings (SSSR count). The van der Waals surface area contributed by atoms with E-state index in [0.29, 0.717) is 5.92 Å². The van der Waals surface area contributed by atoms with Crippen molar-refractivity contribution in [1.29, 1.82) is 0 Å². The number of carbonyl (C=O) groups excluding carboxylic acids is 1. The summed E-state index contributed by atoms with van der Waals surface area (Å²) < 4.78 is 5.57. The Morgan fingerprint density at radius 1 is 0.889 bits per heavy atom. The number of carbonyl (C=O) groups is 1. The zero-order chi connectivity index (χ0) is 18.4. The highest BCUT2D eigenvalue weighted by Gasteiger charge is 2.60. The third-order valence-electron chi connectivity index (χ3n) is 9.53. The largest absolute Gasteiger partial charge is 0.434 e. The molecule has 0 aromatic carbocycles. The first-order valence-corrected chi connectivity index (χ1v) is 11.7. The minimum atomic E-state index is -0.154. The molecule has 0 N–H and O–H groups in total. The monoisotopic (exact) mass is 368 g/mol. The molecule has 27 heavy (non-hydrogen) atoms. The predicted molar refractivity (Wildman–Crippen MR) is 108 cm³/mol. The average molecular weight is 369 g/mol. The van der Waals surface area contributed by atoms with Crippen molar-refractivity contribution >= 4 is 5.97 Å². The standard InChI is InChI=1S/C25H36O2/c1-2-16-27-24(26)25-14-5-8-23(25)22-12-11-19-18-7-4-3-6-17(18)9-10-20(19)21(22)13-15-25/h2-4,16-23H,5-15H2,1H3. The molecule has 0 bridgehead atoms. The van der Waals surface area contributed by atoms with E-state index in [9.17, 15) is 4.79 Å². The fourth-order valence-electron chi connectivity index (χ4n) is 8.55. The van der Waals surface area contributed by atoms with E-state index in [1.165, 1.54) is 57.8 Å². The van der Waals surface area contributed by atoms with E-state index in [2.05, 4.69) is 12.2 Å². The smallest absolute Gasteiger partial charge is 0.317 e. The molecule has 4 fully saturated rings. The van der Waals surface area contributed by atoms with E-state index < -0.39 is 0 Å². The quantitative estimate of drug-likeness (QED) is 0.326. The summed E-state index contributed by atoms with van der Waals surface area (Å²) in [5.41, 5.74) is -0.154. The van der Waals surface area contributed by atoms with Gasteiger partial charge in [-0.1, -0.05) is 24.6 Å². The highest BCUT2D eigenvalue weighted by molar-refractivity contribution is 5.78. The first-order valence-electron chi connectivity index (χ1n) is 11.7. The second kappa shape index (κ2) is 7.08. The maximum atomic E-state index is 13.0. The van der Waals surface area contributed by atoms with Crippen LogP contribution < -0.4 is 0 Å². The van der Waals surface area contributed by atoms with E-state index in [1.807, 2.05) is 13.0 Å². The van der Waals surface area contributed by atoms with Crippen LogP contribution in [0.15, 0.2) is 24.5 Å². The normalized spacial score (nSPS) is 48.4. The molecule has 148 valence electrons. The fourth-order valence-corrected chi connectivity index (χ4v) is 8.55. The fraction of sp³-hybridized carbons (Fsp3) is 0.800. The zero-order valence-electron chi connectivity index (χ0n) is 16.9. The van der Waals surface area contributed by atoms with Crippen molar-refractivity contribution < 1.29 is 9.53 Å². The Kier molecular flexibility index (Phi) is 4.72. The summed E-state index contributed by atoms with van der Waals surface area (Å²) >= 11 is 0. The summed E-state index contributed by atoms with van der Waals surface area (Å²) in [4.78, 5) is 13.0. The summed E-state index contributed by atoms with van der Waals surface area (Å²) in [5.74, 6) is 6.21. The maximum Gasteiger partial charge on any atom is 0.317 e. The van der Waals surface area contributed by atoms with Gasteiger partial charge < -0.3 is 4.74 Å². The van der Waals surface area contributed by atoms with Gasteiger partial charge in [0.15, 0.2) is 0 Å². The van der Waals surface area contributed by atoms with Crippen LogP contribution in [0.4, 0.5) is 0 Å². The number of hydrogen-bond acceptors (Lipinski definition) is 2. The predicted octanol–water partition coefficient (Wildman–Crippen LogP) is 6.28. The number of esters is 1. The van der Waals surface area contributed by atoms with E-state index in [4.69, 9.17) is 4.74 Å². The van der Waals surface area contributed by atoms with Crippen LogP contribution in [-0.2, 0) is 9.53 Å². The van der Waals surface area contributed by atoms with Crippen LogP contribution in [0.2, 0.25) is 0 Å². The summed E-state index contributed by atoms with van der Waals surface area (Å²) in [5, 5.41) is 0. The Bertz CT molecular complexity index is 634. The van der Waals surface area contributed by atoms with Crippen molar-refractivity contribution in [1.82, 2.24) is 0 Å². The highest BCUT2D eigenvalue weighted by atomic mass is 16.5. The minimum absolute atomic E-state index is 0.0878. The molecule has 0 aromatic heterocycles. The molecule has 0 heterocycles. The van der Waals surface area contributed by atoms with Crippen molar-refractivity contribution in [3.8, 4) is 0 Å². The third kappa shape index (κ3) is 2.76. The number of rotatable bonds is 2. The molecule has 5 aliphatic carbocycles. The molecular weight excluding hydrogens is 332 g/mol. The summed E-state index contributed by atoms with van der Waals surface area (Å²) in [6.07, 6.45) is 22.7. The van der Waals surface area contributed by atoms with Crippen LogP contribution in [0, 0.1) is 46.8 Å². The van der Waals surface area contributed by atoms with Crippen molar-refractivity contribution in [3.05, 3.63) is 24.5 Å². The Morgan fingerprint density at radius 2 is 1.63 bits per heavy atom. The van der Waals surface area contributed by atoms with Gasteiger partial charge in [-0.25, -0.2) is 0 Å². The first kappa shape index (κ1) is 18.0. The highest BCUT2D eigenvalue weighted by Crippen LogP contribution is 2.64. The van der Waals surface area contributed by atoms with Gasteiger partial charge in [0.2, 0.25) is 0 Å². The average Bonchev–Trinajstić information content (AvgIpc) is 3.17. The van der Waals surface area contributed by atoms with Crippen LogP contribution in [0.5, 0.6) is 0 Å². The van der Waals surface area contributed by atoms with E-state index in [1.54, 1.807) is 6.26 Å². The molecule has 0 spiro atoms. The third-order valence-corrected chi connectivity index (χ3v) is 9.53.